The zero-order valence-corrected chi connectivity index (χ0v) is 11.6. The third-order valence-electron chi connectivity index (χ3n) is 3.76. The van der Waals surface area contributed by atoms with Crippen molar-refractivity contribution in [1.29, 1.82) is 0 Å². The number of nitrogen functional groups attached to an aromatic ring is 1. The van der Waals surface area contributed by atoms with E-state index in [1.54, 1.807) is 0 Å². The van der Waals surface area contributed by atoms with Gasteiger partial charge in [0, 0.05) is 36.6 Å². The van der Waals surface area contributed by atoms with Gasteiger partial charge in [0.2, 0.25) is 0 Å². The molecule has 0 radical (unpaired) electrons. The van der Waals surface area contributed by atoms with Crippen LogP contribution in [0.4, 0.5) is 11.4 Å². The van der Waals surface area contributed by atoms with Crippen molar-refractivity contribution in [1.82, 2.24) is 0 Å². The fraction of sp³-hybridized carbons (Fsp3) is 0.600. The third-order valence-corrected chi connectivity index (χ3v) is 3.76. The van der Waals surface area contributed by atoms with Crippen molar-refractivity contribution in [2.24, 2.45) is 11.8 Å². The van der Waals surface area contributed by atoms with E-state index >= 15 is 0 Å². The maximum absolute atomic E-state index is 5.95. The average molecular weight is 248 g/mol. The first-order valence-corrected chi connectivity index (χ1v) is 6.88. The van der Waals surface area contributed by atoms with Crippen LogP contribution < -0.4 is 15.4 Å². The topological polar surface area (TPSA) is 38.5 Å². The molecule has 0 aliphatic carbocycles. The second-order valence-electron chi connectivity index (χ2n) is 5.43. The quantitative estimate of drug-likeness (QED) is 0.832. The molecule has 100 valence electrons. The molecule has 0 bridgehead atoms. The van der Waals surface area contributed by atoms with E-state index in [9.17, 15) is 0 Å². The van der Waals surface area contributed by atoms with Crippen LogP contribution in [-0.4, -0.2) is 19.7 Å². The van der Waals surface area contributed by atoms with E-state index in [-0.39, 0.29) is 0 Å². The number of anilines is 2. The van der Waals surface area contributed by atoms with Gasteiger partial charge in [-0.2, -0.15) is 0 Å². The standard InChI is InChI=1S/C15H24N2O/c1-4-18-15-8-13(16)7-14(9-15)17-6-5-12(10-17)11(2)3/h7-9,11-12H,4-6,10,16H2,1-3H3. The Kier molecular flexibility index (Phi) is 4.00. The maximum Gasteiger partial charge on any atom is 0.123 e. The number of rotatable bonds is 4. The Hall–Kier alpha value is -1.38. The Bertz CT molecular complexity index is 403. The predicted octanol–water partition coefficient (Wildman–Crippen LogP) is 3.15. The van der Waals surface area contributed by atoms with Gasteiger partial charge in [-0.1, -0.05) is 13.8 Å². The van der Waals surface area contributed by atoms with E-state index in [2.05, 4.69) is 24.8 Å². The van der Waals surface area contributed by atoms with Crippen LogP contribution in [0.2, 0.25) is 0 Å². The normalized spacial score (nSPS) is 19.6. The molecular weight excluding hydrogens is 224 g/mol. The molecule has 1 heterocycles. The largest absolute Gasteiger partial charge is 0.494 e. The first kappa shape index (κ1) is 13.1. The molecule has 1 aliphatic heterocycles. The van der Waals surface area contributed by atoms with Crippen LogP contribution in [0.1, 0.15) is 27.2 Å². The highest BCUT2D eigenvalue weighted by Gasteiger charge is 2.25. The molecule has 3 nitrogen and oxygen atoms in total. The minimum Gasteiger partial charge on any atom is -0.494 e. The number of hydrogen-bond acceptors (Lipinski definition) is 3. The van der Waals surface area contributed by atoms with Crippen LogP contribution in [0.5, 0.6) is 5.75 Å². The lowest BCUT2D eigenvalue weighted by Crippen LogP contribution is -2.21. The first-order valence-electron chi connectivity index (χ1n) is 6.88. The van der Waals surface area contributed by atoms with Gasteiger partial charge < -0.3 is 15.4 Å². The van der Waals surface area contributed by atoms with Gasteiger partial charge in [0.15, 0.2) is 0 Å². The van der Waals surface area contributed by atoms with Gasteiger partial charge in [0.1, 0.15) is 5.75 Å². The summed E-state index contributed by atoms with van der Waals surface area (Å²) in [6.07, 6.45) is 1.27. The van der Waals surface area contributed by atoms with Crippen molar-refractivity contribution in [3.05, 3.63) is 18.2 Å². The fourth-order valence-corrected chi connectivity index (χ4v) is 2.60. The SMILES string of the molecule is CCOc1cc(N)cc(N2CCC(C(C)C)C2)c1. The minimum absolute atomic E-state index is 0.678. The van der Waals surface area contributed by atoms with Gasteiger partial charge in [-0.05, 0) is 31.2 Å². The average Bonchev–Trinajstić information content (AvgIpc) is 2.78. The predicted molar refractivity (Wildman–Crippen MR) is 77.2 cm³/mol. The molecule has 1 fully saturated rings. The number of benzene rings is 1. The van der Waals surface area contributed by atoms with E-state index in [4.69, 9.17) is 10.5 Å². The Balaban J connectivity index is 2.13. The molecule has 2 rings (SSSR count). The van der Waals surface area contributed by atoms with Crippen molar-refractivity contribution in [2.75, 3.05) is 30.3 Å². The summed E-state index contributed by atoms with van der Waals surface area (Å²) >= 11 is 0. The number of nitrogens with zero attached hydrogens (tertiary/aromatic N) is 1. The van der Waals surface area contributed by atoms with Crippen molar-refractivity contribution in [2.45, 2.75) is 27.2 Å². The van der Waals surface area contributed by atoms with Crippen LogP contribution in [-0.2, 0) is 0 Å². The summed E-state index contributed by atoms with van der Waals surface area (Å²) < 4.78 is 5.55. The summed E-state index contributed by atoms with van der Waals surface area (Å²) in [5, 5.41) is 0. The van der Waals surface area contributed by atoms with E-state index < -0.39 is 0 Å². The van der Waals surface area contributed by atoms with Gasteiger partial charge in [-0.3, -0.25) is 0 Å². The first-order chi connectivity index (χ1) is 8.60. The van der Waals surface area contributed by atoms with Gasteiger partial charge in [-0.25, -0.2) is 0 Å². The molecule has 0 aromatic heterocycles. The molecule has 2 N–H and O–H groups in total. The van der Waals surface area contributed by atoms with Crippen molar-refractivity contribution >= 4 is 11.4 Å². The lowest BCUT2D eigenvalue weighted by molar-refractivity contribution is 0.340. The smallest absolute Gasteiger partial charge is 0.123 e. The van der Waals surface area contributed by atoms with Crippen molar-refractivity contribution in [3.63, 3.8) is 0 Å². The van der Waals surface area contributed by atoms with E-state index in [1.807, 2.05) is 19.1 Å². The molecule has 0 spiro atoms. The zero-order valence-electron chi connectivity index (χ0n) is 11.6. The Morgan fingerprint density at radius 2 is 2.17 bits per heavy atom. The summed E-state index contributed by atoms with van der Waals surface area (Å²) in [6.45, 7) is 9.54. The highest BCUT2D eigenvalue weighted by atomic mass is 16.5. The van der Waals surface area contributed by atoms with Crippen LogP contribution in [0.25, 0.3) is 0 Å². The molecule has 1 atom stereocenters. The summed E-state index contributed by atoms with van der Waals surface area (Å²) in [5.74, 6) is 2.42. The molecular formula is C15H24N2O. The summed E-state index contributed by atoms with van der Waals surface area (Å²) in [5.41, 5.74) is 7.92. The van der Waals surface area contributed by atoms with Crippen molar-refractivity contribution < 1.29 is 4.74 Å². The number of ether oxygens (including phenoxy) is 1. The van der Waals surface area contributed by atoms with Gasteiger partial charge >= 0.3 is 0 Å². The molecule has 3 heteroatoms. The summed E-state index contributed by atoms with van der Waals surface area (Å²) in [7, 11) is 0. The van der Waals surface area contributed by atoms with Gasteiger partial charge in [0.05, 0.1) is 6.61 Å². The lowest BCUT2D eigenvalue weighted by atomic mass is 9.95. The number of hydrogen-bond donors (Lipinski definition) is 1. The highest BCUT2D eigenvalue weighted by molar-refractivity contribution is 5.61. The van der Waals surface area contributed by atoms with Gasteiger partial charge in [-0.15, -0.1) is 0 Å². The Morgan fingerprint density at radius 1 is 1.39 bits per heavy atom. The number of nitrogens with two attached hydrogens (primary N) is 1. The molecule has 1 aromatic carbocycles. The zero-order chi connectivity index (χ0) is 13.1. The van der Waals surface area contributed by atoms with E-state index in [0.29, 0.717) is 6.61 Å². The molecule has 1 aliphatic rings. The Labute approximate surface area is 110 Å². The monoisotopic (exact) mass is 248 g/mol. The van der Waals surface area contributed by atoms with Crippen LogP contribution in [0.15, 0.2) is 18.2 Å². The van der Waals surface area contributed by atoms with E-state index in [1.165, 1.54) is 12.1 Å². The molecule has 1 saturated heterocycles. The molecule has 18 heavy (non-hydrogen) atoms. The van der Waals surface area contributed by atoms with Crippen LogP contribution in [0, 0.1) is 11.8 Å². The van der Waals surface area contributed by atoms with Crippen LogP contribution in [0.3, 0.4) is 0 Å². The van der Waals surface area contributed by atoms with E-state index in [0.717, 1.165) is 36.4 Å². The maximum atomic E-state index is 5.95. The van der Waals surface area contributed by atoms with Gasteiger partial charge in [0.25, 0.3) is 0 Å². The highest BCUT2D eigenvalue weighted by Crippen LogP contribution is 2.31. The molecule has 0 saturated carbocycles. The molecule has 1 aromatic rings. The second-order valence-corrected chi connectivity index (χ2v) is 5.43. The van der Waals surface area contributed by atoms with Crippen molar-refractivity contribution in [3.8, 4) is 5.75 Å². The Morgan fingerprint density at radius 3 is 2.78 bits per heavy atom. The van der Waals surface area contributed by atoms with Crippen LogP contribution >= 0.6 is 0 Å². The fourth-order valence-electron chi connectivity index (χ4n) is 2.60. The summed E-state index contributed by atoms with van der Waals surface area (Å²) in [4.78, 5) is 2.42. The second kappa shape index (κ2) is 5.51. The summed E-state index contributed by atoms with van der Waals surface area (Å²) in [6, 6.07) is 6.04. The lowest BCUT2D eigenvalue weighted by Gasteiger charge is -2.21. The third kappa shape index (κ3) is 2.89. The molecule has 0 amide bonds. The molecule has 1 unspecified atom stereocenters. The minimum atomic E-state index is 0.678.